The van der Waals surface area contributed by atoms with Crippen LogP contribution < -0.4 is 0 Å². The summed E-state index contributed by atoms with van der Waals surface area (Å²) in [6.07, 6.45) is 1.53. The van der Waals surface area contributed by atoms with Crippen LogP contribution in [-0.4, -0.2) is 52.5 Å². The summed E-state index contributed by atoms with van der Waals surface area (Å²) in [5.74, 6) is 2.56. The second-order valence-corrected chi connectivity index (χ2v) is 5.93. The van der Waals surface area contributed by atoms with Crippen LogP contribution in [0.4, 0.5) is 0 Å². The number of alkyl halides is 1. The van der Waals surface area contributed by atoms with Crippen LogP contribution in [-0.2, 0) is 10.6 Å². The Morgan fingerprint density at radius 1 is 1.65 bits per heavy atom. The molecule has 7 heteroatoms. The molecule has 2 rings (SSSR count). The van der Waals surface area contributed by atoms with E-state index in [1.807, 2.05) is 11.8 Å². The van der Waals surface area contributed by atoms with Crippen molar-refractivity contribution < 1.29 is 9.53 Å². The first-order valence-electron chi connectivity index (χ1n) is 6.54. The number of esters is 1. The Morgan fingerprint density at radius 2 is 2.45 bits per heavy atom. The van der Waals surface area contributed by atoms with Gasteiger partial charge in [-0.2, -0.15) is 11.8 Å². The molecule has 20 heavy (non-hydrogen) atoms. The molecule has 1 atom stereocenters. The van der Waals surface area contributed by atoms with Gasteiger partial charge in [0, 0.05) is 24.2 Å². The molecule has 1 fully saturated rings. The number of rotatable bonds is 4. The number of hydrogen-bond donors (Lipinski definition) is 0. The lowest BCUT2D eigenvalue weighted by Crippen LogP contribution is -2.34. The first kappa shape index (κ1) is 15.5. The summed E-state index contributed by atoms with van der Waals surface area (Å²) in [4.78, 5) is 22.8. The normalized spacial score (nSPS) is 19.9. The van der Waals surface area contributed by atoms with Crippen LogP contribution in [0.15, 0.2) is 6.20 Å². The molecule has 1 aromatic rings. The quantitative estimate of drug-likeness (QED) is 0.626. The molecule has 2 heterocycles. The number of carbonyl (C=O) groups is 1. The predicted octanol–water partition coefficient (Wildman–Crippen LogP) is 2.11. The lowest BCUT2D eigenvalue weighted by molar-refractivity contribution is 0.0524. The van der Waals surface area contributed by atoms with Crippen LogP contribution in [0.5, 0.6) is 0 Å². The van der Waals surface area contributed by atoms with Crippen LogP contribution >= 0.6 is 23.4 Å². The van der Waals surface area contributed by atoms with E-state index in [1.54, 1.807) is 6.92 Å². The molecule has 0 aliphatic carbocycles. The molecule has 0 aromatic carbocycles. The van der Waals surface area contributed by atoms with Crippen LogP contribution in [0.3, 0.4) is 0 Å². The Hall–Kier alpha value is -0.850. The Morgan fingerprint density at radius 3 is 3.10 bits per heavy atom. The van der Waals surface area contributed by atoms with E-state index in [2.05, 4.69) is 21.9 Å². The van der Waals surface area contributed by atoms with Gasteiger partial charge in [-0.05, 0) is 14.0 Å². The molecular weight excluding hydrogens is 298 g/mol. The molecular formula is C13H18ClN3O2S. The zero-order valence-corrected chi connectivity index (χ0v) is 13.2. The summed E-state index contributed by atoms with van der Waals surface area (Å²) >= 11 is 7.79. The highest BCUT2D eigenvalue weighted by molar-refractivity contribution is 7.99. The molecule has 1 saturated heterocycles. The van der Waals surface area contributed by atoms with Gasteiger partial charge in [0.2, 0.25) is 0 Å². The number of thioether (sulfide) groups is 1. The van der Waals surface area contributed by atoms with Gasteiger partial charge in [-0.15, -0.1) is 11.6 Å². The van der Waals surface area contributed by atoms with Crippen LogP contribution in [0, 0.1) is 0 Å². The van der Waals surface area contributed by atoms with E-state index in [1.165, 1.54) is 6.20 Å². The maximum absolute atomic E-state index is 11.8. The minimum atomic E-state index is -0.416. The minimum absolute atomic E-state index is 0.173. The van der Waals surface area contributed by atoms with Gasteiger partial charge in [0.15, 0.2) is 0 Å². The molecule has 1 aliphatic heterocycles. The average Bonchev–Trinajstić information content (AvgIpc) is 2.47. The maximum atomic E-state index is 11.8. The van der Waals surface area contributed by atoms with E-state index in [0.717, 1.165) is 23.9 Å². The average molecular weight is 316 g/mol. The number of carbonyl (C=O) groups excluding carboxylic acids is 1. The fourth-order valence-electron chi connectivity index (χ4n) is 2.03. The van der Waals surface area contributed by atoms with Gasteiger partial charge in [-0.1, -0.05) is 0 Å². The Bertz CT molecular complexity index is 487. The summed E-state index contributed by atoms with van der Waals surface area (Å²) < 4.78 is 4.98. The van der Waals surface area contributed by atoms with E-state index in [-0.39, 0.29) is 11.9 Å². The van der Waals surface area contributed by atoms with Crippen molar-refractivity contribution in [2.75, 3.05) is 31.7 Å². The zero-order chi connectivity index (χ0) is 14.5. The van der Waals surface area contributed by atoms with Crippen molar-refractivity contribution in [3.63, 3.8) is 0 Å². The SMILES string of the molecule is CCOC(=O)c1cnc(C2CSCCN2C)nc1CCl. The lowest BCUT2D eigenvalue weighted by atomic mass is 10.2. The highest BCUT2D eigenvalue weighted by Gasteiger charge is 2.25. The van der Waals surface area contributed by atoms with Gasteiger partial charge < -0.3 is 4.74 Å². The van der Waals surface area contributed by atoms with Crippen LogP contribution in [0.2, 0.25) is 0 Å². The van der Waals surface area contributed by atoms with E-state index < -0.39 is 5.97 Å². The van der Waals surface area contributed by atoms with Gasteiger partial charge in [0.25, 0.3) is 0 Å². The van der Waals surface area contributed by atoms with Gasteiger partial charge in [0.05, 0.1) is 24.2 Å². The Labute approximate surface area is 128 Å². The molecule has 110 valence electrons. The van der Waals surface area contributed by atoms with Crippen LogP contribution in [0.25, 0.3) is 0 Å². The number of nitrogens with zero attached hydrogens (tertiary/aromatic N) is 3. The molecule has 0 N–H and O–H groups in total. The molecule has 1 aliphatic rings. The fraction of sp³-hybridized carbons (Fsp3) is 0.615. The molecule has 0 amide bonds. The molecule has 0 radical (unpaired) electrons. The zero-order valence-electron chi connectivity index (χ0n) is 11.6. The van der Waals surface area contributed by atoms with E-state index in [0.29, 0.717) is 17.9 Å². The Balaban J connectivity index is 2.26. The van der Waals surface area contributed by atoms with E-state index >= 15 is 0 Å². The summed E-state index contributed by atoms with van der Waals surface area (Å²) in [6, 6.07) is 0.173. The molecule has 0 bridgehead atoms. The third-order valence-electron chi connectivity index (χ3n) is 3.20. The maximum Gasteiger partial charge on any atom is 0.341 e. The monoisotopic (exact) mass is 315 g/mol. The van der Waals surface area contributed by atoms with Gasteiger partial charge in [-0.25, -0.2) is 14.8 Å². The summed E-state index contributed by atoms with van der Waals surface area (Å²) in [5, 5.41) is 0. The molecule has 1 unspecified atom stereocenters. The topological polar surface area (TPSA) is 55.3 Å². The molecule has 1 aromatic heterocycles. The van der Waals surface area contributed by atoms with Crippen molar-refractivity contribution in [2.45, 2.75) is 18.8 Å². The van der Waals surface area contributed by atoms with Crippen molar-refractivity contribution in [2.24, 2.45) is 0 Å². The minimum Gasteiger partial charge on any atom is -0.462 e. The number of halogens is 1. The first-order chi connectivity index (χ1) is 9.67. The van der Waals surface area contributed by atoms with Gasteiger partial charge in [0.1, 0.15) is 11.4 Å². The number of hydrogen-bond acceptors (Lipinski definition) is 6. The van der Waals surface area contributed by atoms with Crippen molar-refractivity contribution in [1.82, 2.24) is 14.9 Å². The Kier molecular flexibility index (Phi) is 5.63. The van der Waals surface area contributed by atoms with Crippen molar-refractivity contribution in [1.29, 1.82) is 0 Å². The second kappa shape index (κ2) is 7.24. The lowest BCUT2D eigenvalue weighted by Gasteiger charge is -2.31. The fourth-order valence-corrected chi connectivity index (χ4v) is 3.45. The number of ether oxygens (including phenoxy) is 1. The van der Waals surface area contributed by atoms with Crippen LogP contribution in [0.1, 0.15) is 34.8 Å². The number of aromatic nitrogens is 2. The highest BCUT2D eigenvalue weighted by Crippen LogP contribution is 2.26. The van der Waals surface area contributed by atoms with E-state index in [4.69, 9.17) is 16.3 Å². The second-order valence-electron chi connectivity index (χ2n) is 4.51. The third-order valence-corrected chi connectivity index (χ3v) is 4.48. The highest BCUT2D eigenvalue weighted by atomic mass is 35.5. The van der Waals surface area contributed by atoms with Crippen molar-refractivity contribution in [3.05, 3.63) is 23.3 Å². The predicted molar refractivity (Wildman–Crippen MR) is 80.2 cm³/mol. The molecule has 0 saturated carbocycles. The molecule has 5 nitrogen and oxygen atoms in total. The largest absolute Gasteiger partial charge is 0.462 e. The molecule has 0 spiro atoms. The van der Waals surface area contributed by atoms with Gasteiger partial charge >= 0.3 is 5.97 Å². The summed E-state index contributed by atoms with van der Waals surface area (Å²) in [7, 11) is 2.06. The standard InChI is InChI=1S/C13H18ClN3O2S/c1-3-19-13(18)9-7-15-12(16-10(9)6-14)11-8-20-5-4-17(11)2/h7,11H,3-6,8H2,1-2H3. The van der Waals surface area contributed by atoms with Crippen molar-refractivity contribution >= 4 is 29.3 Å². The van der Waals surface area contributed by atoms with Crippen molar-refractivity contribution in [3.8, 4) is 0 Å². The van der Waals surface area contributed by atoms with Gasteiger partial charge in [-0.3, -0.25) is 4.90 Å². The first-order valence-corrected chi connectivity index (χ1v) is 8.23. The van der Waals surface area contributed by atoms with E-state index in [9.17, 15) is 4.79 Å². The smallest absolute Gasteiger partial charge is 0.341 e. The third kappa shape index (κ3) is 3.42. The summed E-state index contributed by atoms with van der Waals surface area (Å²) in [5.41, 5.74) is 0.899. The summed E-state index contributed by atoms with van der Waals surface area (Å²) in [6.45, 7) is 3.10.